The van der Waals surface area contributed by atoms with Crippen molar-refractivity contribution >= 4 is 0 Å². The summed E-state index contributed by atoms with van der Waals surface area (Å²) in [7, 11) is 0. The van der Waals surface area contributed by atoms with Gasteiger partial charge >= 0.3 is 0 Å². The third-order valence-corrected chi connectivity index (χ3v) is 5.20. The number of hydrogen-bond acceptors (Lipinski definition) is 3. The Morgan fingerprint density at radius 3 is 2.32 bits per heavy atom. The maximum Gasteiger partial charge on any atom is 0.122 e. The van der Waals surface area contributed by atoms with Crippen molar-refractivity contribution in [3.05, 3.63) is 0 Å². The third kappa shape index (κ3) is 3.12. The summed E-state index contributed by atoms with van der Waals surface area (Å²) in [5.74, 6) is 0.605. The quantitative estimate of drug-likeness (QED) is 0.826. The third-order valence-electron chi connectivity index (χ3n) is 5.20. The summed E-state index contributed by atoms with van der Waals surface area (Å²) in [6.07, 6.45) is 7.55. The van der Waals surface area contributed by atoms with E-state index >= 15 is 0 Å². The lowest BCUT2D eigenvalue weighted by atomic mass is 9.82. The molecule has 0 aromatic heterocycles. The molecule has 0 radical (unpaired) electrons. The Labute approximate surface area is 117 Å². The zero-order valence-electron chi connectivity index (χ0n) is 12.4. The van der Waals surface area contributed by atoms with Crippen LogP contribution in [0.1, 0.15) is 52.4 Å². The molecule has 1 aliphatic heterocycles. The molecule has 19 heavy (non-hydrogen) atoms. The van der Waals surface area contributed by atoms with Crippen molar-refractivity contribution in [1.29, 1.82) is 5.26 Å². The van der Waals surface area contributed by atoms with E-state index in [9.17, 15) is 5.26 Å². The molecule has 1 heterocycles. The van der Waals surface area contributed by atoms with Gasteiger partial charge in [-0.25, -0.2) is 0 Å². The molecule has 3 aliphatic rings. The standard InChI is InChI=1S/C16H27N3/c1-15(2)7-9-19(10-8-15)12-16(11-17,13-3-4-13)18-14-5-6-14/h13-14,18H,3-10,12H2,1-2H3. The lowest BCUT2D eigenvalue weighted by molar-refractivity contribution is 0.105. The molecule has 1 unspecified atom stereocenters. The average molecular weight is 261 g/mol. The monoisotopic (exact) mass is 261 g/mol. The molecule has 1 atom stereocenters. The highest BCUT2D eigenvalue weighted by Crippen LogP contribution is 2.42. The Morgan fingerprint density at radius 1 is 1.21 bits per heavy atom. The summed E-state index contributed by atoms with van der Waals surface area (Å²) in [6.45, 7) is 8.00. The molecule has 3 rings (SSSR count). The number of likely N-dealkylation sites (tertiary alicyclic amines) is 1. The average Bonchev–Trinajstić information content (AvgIpc) is 3.24. The van der Waals surface area contributed by atoms with Crippen LogP contribution in [0.3, 0.4) is 0 Å². The molecule has 1 saturated heterocycles. The van der Waals surface area contributed by atoms with Crippen LogP contribution in [0.5, 0.6) is 0 Å². The van der Waals surface area contributed by atoms with Gasteiger partial charge in [0, 0.05) is 12.6 Å². The Hall–Kier alpha value is -0.590. The van der Waals surface area contributed by atoms with Crippen LogP contribution in [0.2, 0.25) is 0 Å². The minimum Gasteiger partial charge on any atom is -0.300 e. The second-order valence-corrected chi connectivity index (χ2v) is 7.72. The summed E-state index contributed by atoms with van der Waals surface area (Å²) < 4.78 is 0. The lowest BCUT2D eigenvalue weighted by Gasteiger charge is -2.41. The number of nitrogens with one attached hydrogen (secondary N) is 1. The van der Waals surface area contributed by atoms with E-state index < -0.39 is 0 Å². The zero-order valence-corrected chi connectivity index (χ0v) is 12.4. The molecule has 0 aromatic carbocycles. The Morgan fingerprint density at radius 2 is 1.84 bits per heavy atom. The first kappa shape index (κ1) is 13.4. The number of piperidine rings is 1. The van der Waals surface area contributed by atoms with Crippen LogP contribution in [0.15, 0.2) is 0 Å². The Bertz CT molecular complexity index is 366. The highest BCUT2D eigenvalue weighted by atomic mass is 15.2. The fraction of sp³-hybridized carbons (Fsp3) is 0.938. The van der Waals surface area contributed by atoms with Crippen molar-refractivity contribution in [1.82, 2.24) is 10.2 Å². The van der Waals surface area contributed by atoms with Gasteiger partial charge in [-0.2, -0.15) is 5.26 Å². The number of nitrogens with zero attached hydrogens (tertiary/aromatic N) is 2. The Balaban J connectivity index is 1.63. The van der Waals surface area contributed by atoms with Crippen LogP contribution in [-0.2, 0) is 0 Å². The second-order valence-electron chi connectivity index (χ2n) is 7.72. The van der Waals surface area contributed by atoms with E-state index in [2.05, 4.69) is 30.1 Å². The molecule has 3 nitrogen and oxygen atoms in total. The van der Waals surface area contributed by atoms with E-state index in [-0.39, 0.29) is 5.54 Å². The van der Waals surface area contributed by atoms with Gasteiger partial charge in [0.2, 0.25) is 0 Å². The van der Waals surface area contributed by atoms with E-state index in [1.807, 2.05) is 0 Å². The van der Waals surface area contributed by atoms with Gasteiger partial charge in [0.25, 0.3) is 0 Å². The highest BCUT2D eigenvalue weighted by Gasteiger charge is 2.49. The minimum absolute atomic E-state index is 0.247. The summed E-state index contributed by atoms with van der Waals surface area (Å²) in [6, 6.07) is 3.29. The molecule has 0 aromatic rings. The van der Waals surface area contributed by atoms with Gasteiger partial charge in [-0.3, -0.25) is 5.32 Å². The zero-order chi connectivity index (χ0) is 13.5. The summed E-state index contributed by atoms with van der Waals surface area (Å²) >= 11 is 0. The molecule has 2 aliphatic carbocycles. The van der Waals surface area contributed by atoms with Crippen molar-refractivity contribution in [3.8, 4) is 6.07 Å². The fourth-order valence-corrected chi connectivity index (χ4v) is 3.29. The van der Waals surface area contributed by atoms with E-state index in [4.69, 9.17) is 0 Å². The number of rotatable bonds is 5. The van der Waals surface area contributed by atoms with Crippen LogP contribution in [0, 0.1) is 22.7 Å². The van der Waals surface area contributed by atoms with E-state index in [0.717, 1.165) is 19.6 Å². The second kappa shape index (κ2) is 4.75. The normalized spacial score (nSPS) is 30.6. The van der Waals surface area contributed by atoms with Gasteiger partial charge in [0.15, 0.2) is 0 Å². The molecule has 2 saturated carbocycles. The molecule has 0 spiro atoms. The largest absolute Gasteiger partial charge is 0.300 e. The van der Waals surface area contributed by atoms with Gasteiger partial charge in [-0.15, -0.1) is 0 Å². The maximum absolute atomic E-state index is 9.76. The van der Waals surface area contributed by atoms with Crippen LogP contribution < -0.4 is 5.32 Å². The van der Waals surface area contributed by atoms with Crippen molar-refractivity contribution in [2.45, 2.75) is 64.0 Å². The molecular weight excluding hydrogens is 234 g/mol. The van der Waals surface area contributed by atoms with E-state index in [1.54, 1.807) is 0 Å². The fourth-order valence-electron chi connectivity index (χ4n) is 3.29. The maximum atomic E-state index is 9.76. The van der Waals surface area contributed by atoms with Crippen molar-refractivity contribution < 1.29 is 0 Å². The SMILES string of the molecule is CC1(C)CCN(CC(C#N)(NC2CC2)C2CC2)CC1. The van der Waals surface area contributed by atoms with E-state index in [0.29, 0.717) is 17.4 Å². The van der Waals surface area contributed by atoms with Gasteiger partial charge in [0.1, 0.15) is 5.54 Å². The van der Waals surface area contributed by atoms with Crippen molar-refractivity contribution in [2.24, 2.45) is 11.3 Å². The van der Waals surface area contributed by atoms with Crippen LogP contribution >= 0.6 is 0 Å². The van der Waals surface area contributed by atoms with E-state index in [1.165, 1.54) is 38.5 Å². The molecule has 3 fully saturated rings. The molecular formula is C16H27N3. The molecule has 0 amide bonds. The predicted octanol–water partition coefficient (Wildman–Crippen LogP) is 2.53. The van der Waals surface area contributed by atoms with Crippen LogP contribution in [-0.4, -0.2) is 36.1 Å². The lowest BCUT2D eigenvalue weighted by Crippen LogP contribution is -2.56. The first-order chi connectivity index (χ1) is 9.03. The van der Waals surface area contributed by atoms with Gasteiger partial charge in [-0.1, -0.05) is 13.8 Å². The molecule has 106 valence electrons. The topological polar surface area (TPSA) is 39.1 Å². The molecule has 1 N–H and O–H groups in total. The smallest absolute Gasteiger partial charge is 0.122 e. The van der Waals surface area contributed by atoms with Crippen LogP contribution in [0.4, 0.5) is 0 Å². The summed E-state index contributed by atoms with van der Waals surface area (Å²) in [5, 5.41) is 13.4. The first-order valence-electron chi connectivity index (χ1n) is 7.94. The number of hydrogen-bond donors (Lipinski definition) is 1. The highest BCUT2D eigenvalue weighted by molar-refractivity contribution is 5.18. The van der Waals surface area contributed by atoms with Crippen molar-refractivity contribution in [3.63, 3.8) is 0 Å². The van der Waals surface area contributed by atoms with Gasteiger partial charge in [-0.05, 0) is 62.9 Å². The van der Waals surface area contributed by atoms with Crippen LogP contribution in [0.25, 0.3) is 0 Å². The van der Waals surface area contributed by atoms with Crippen molar-refractivity contribution in [2.75, 3.05) is 19.6 Å². The molecule has 3 heteroatoms. The van der Waals surface area contributed by atoms with Gasteiger partial charge < -0.3 is 4.90 Å². The molecule has 0 bridgehead atoms. The first-order valence-corrected chi connectivity index (χ1v) is 7.94. The summed E-state index contributed by atoms with van der Waals surface area (Å²) in [5.41, 5.74) is 0.248. The number of nitriles is 1. The predicted molar refractivity (Wildman–Crippen MR) is 76.7 cm³/mol. The Kier molecular flexibility index (Phi) is 3.35. The summed E-state index contributed by atoms with van der Waals surface area (Å²) in [4.78, 5) is 2.53. The van der Waals surface area contributed by atoms with Gasteiger partial charge in [0.05, 0.1) is 6.07 Å². The minimum atomic E-state index is -0.247.